The number of allylic oxidation sites excluding steroid dienone is 2. The van der Waals surface area contributed by atoms with E-state index < -0.39 is 0 Å². The van der Waals surface area contributed by atoms with Crippen molar-refractivity contribution in [2.75, 3.05) is 6.54 Å². The van der Waals surface area contributed by atoms with Gasteiger partial charge in [-0.25, -0.2) is 4.57 Å². The van der Waals surface area contributed by atoms with Crippen molar-refractivity contribution in [3.63, 3.8) is 0 Å². The first kappa shape index (κ1) is 13.3. The molecule has 2 aliphatic rings. The van der Waals surface area contributed by atoms with Crippen LogP contribution in [0, 0.1) is 5.92 Å². The maximum atomic E-state index is 2.39. The molecule has 1 unspecified atom stereocenters. The molecule has 0 fully saturated rings. The molecule has 0 amide bonds. The van der Waals surface area contributed by atoms with E-state index in [0.717, 1.165) is 19.5 Å². The van der Waals surface area contributed by atoms with Crippen molar-refractivity contribution in [1.29, 1.82) is 0 Å². The van der Waals surface area contributed by atoms with Crippen LogP contribution in [-0.2, 0) is 6.54 Å². The van der Waals surface area contributed by atoms with Gasteiger partial charge in [0.25, 0.3) is 0 Å². The summed E-state index contributed by atoms with van der Waals surface area (Å²) in [6, 6.07) is 0. The smallest absolute Gasteiger partial charge is 0.236 e. The highest BCUT2D eigenvalue weighted by atomic mass is 15.1. The zero-order valence-electron chi connectivity index (χ0n) is 12.6. The van der Waals surface area contributed by atoms with Crippen LogP contribution in [0.3, 0.4) is 0 Å². The molecule has 0 saturated heterocycles. The average Bonchev–Trinajstić information content (AvgIpc) is 2.89. The molecule has 0 radical (unpaired) electrons. The first-order valence-corrected chi connectivity index (χ1v) is 7.93. The van der Waals surface area contributed by atoms with Crippen LogP contribution in [0.25, 0.3) is 6.20 Å². The van der Waals surface area contributed by atoms with E-state index in [9.17, 15) is 0 Å². The van der Waals surface area contributed by atoms with E-state index in [-0.39, 0.29) is 0 Å². The first-order chi connectivity index (χ1) is 9.83. The van der Waals surface area contributed by atoms with Crippen LogP contribution in [0.15, 0.2) is 30.9 Å². The predicted octanol–water partition coefficient (Wildman–Crippen LogP) is 2.81. The highest BCUT2D eigenvalue weighted by Gasteiger charge is 2.35. The van der Waals surface area contributed by atoms with E-state index in [1.807, 2.05) is 0 Å². The number of imidazole rings is 1. The largest absolute Gasteiger partial charge is 0.249 e. The Morgan fingerprint density at radius 2 is 2.20 bits per heavy atom. The molecule has 0 saturated carbocycles. The summed E-state index contributed by atoms with van der Waals surface area (Å²) in [5.41, 5.74) is 2.83. The van der Waals surface area contributed by atoms with Crippen molar-refractivity contribution in [3.05, 3.63) is 36.6 Å². The zero-order valence-corrected chi connectivity index (χ0v) is 12.6. The van der Waals surface area contributed by atoms with Crippen molar-refractivity contribution in [2.45, 2.75) is 46.1 Å². The Bertz CT molecular complexity index is 575. The number of aryl methyl sites for hydroxylation is 1. The maximum absolute atomic E-state index is 2.39. The Morgan fingerprint density at radius 3 is 3.00 bits per heavy atom. The first-order valence-electron chi connectivity index (χ1n) is 7.93. The Kier molecular flexibility index (Phi) is 3.86. The zero-order chi connectivity index (χ0) is 13.9. The van der Waals surface area contributed by atoms with Crippen LogP contribution in [0.5, 0.6) is 0 Å². The van der Waals surface area contributed by atoms with Gasteiger partial charge in [-0.15, -0.1) is 0 Å². The molecule has 20 heavy (non-hydrogen) atoms. The molecule has 1 aromatic heterocycles. The van der Waals surface area contributed by atoms with Gasteiger partial charge in [0.15, 0.2) is 6.20 Å². The molecule has 2 aliphatic heterocycles. The number of hydrogen-bond acceptors (Lipinski definition) is 0. The summed E-state index contributed by atoms with van der Waals surface area (Å²) in [6.07, 6.45) is 18.6. The third kappa shape index (κ3) is 2.37. The summed E-state index contributed by atoms with van der Waals surface area (Å²) in [5.74, 6) is 0.548. The third-order valence-electron chi connectivity index (χ3n) is 4.28. The monoisotopic (exact) mass is 271 g/mol. The Labute approximate surface area is 121 Å². The minimum absolute atomic E-state index is 0.548. The lowest BCUT2D eigenvalue weighted by Gasteiger charge is -2.16. The van der Waals surface area contributed by atoms with Crippen molar-refractivity contribution in [3.8, 4) is 0 Å². The number of unbranched alkanes of at least 4 members (excludes halogenated alkanes) is 2. The standard InChI is InChI=1S/C17H25N3/c1-3-5-6-10-18-13-16-17-15(9-12-20(16)14-18)8-7-11-19(17)4-2/h7,9,11-15H,3-6,8,10H2,1-2H3/q+2. The third-order valence-corrected chi connectivity index (χ3v) is 4.28. The molecule has 0 aliphatic carbocycles. The molecule has 3 heteroatoms. The molecule has 0 N–H and O–H groups in total. The fourth-order valence-electron chi connectivity index (χ4n) is 3.18. The molecular weight excluding hydrogens is 246 g/mol. The Balaban J connectivity index is 1.92. The van der Waals surface area contributed by atoms with Crippen LogP contribution in [0.1, 0.15) is 45.2 Å². The van der Waals surface area contributed by atoms with E-state index in [0.29, 0.717) is 5.92 Å². The lowest BCUT2D eigenvalue weighted by molar-refractivity contribution is -0.696. The van der Waals surface area contributed by atoms with E-state index >= 15 is 0 Å². The highest BCUT2D eigenvalue weighted by Crippen LogP contribution is 2.23. The second kappa shape index (κ2) is 5.78. The molecule has 0 bridgehead atoms. The minimum Gasteiger partial charge on any atom is -0.236 e. The molecular formula is C17H25N3+2. The van der Waals surface area contributed by atoms with E-state index in [4.69, 9.17) is 0 Å². The number of fused-ring (bicyclic) bond motifs is 3. The lowest BCUT2D eigenvalue weighted by atomic mass is 9.92. The van der Waals surface area contributed by atoms with E-state index in [2.05, 4.69) is 64.6 Å². The number of rotatable bonds is 5. The molecule has 1 atom stereocenters. The van der Waals surface area contributed by atoms with Gasteiger partial charge >= 0.3 is 0 Å². The number of hydrogen-bond donors (Lipinski definition) is 0. The summed E-state index contributed by atoms with van der Waals surface area (Å²) >= 11 is 0. The molecule has 1 aromatic rings. The van der Waals surface area contributed by atoms with Gasteiger partial charge in [-0.2, -0.15) is 9.14 Å². The second-order valence-corrected chi connectivity index (χ2v) is 5.72. The van der Waals surface area contributed by atoms with Crippen LogP contribution >= 0.6 is 0 Å². The van der Waals surface area contributed by atoms with Gasteiger partial charge in [0, 0.05) is 0 Å². The van der Waals surface area contributed by atoms with Crippen molar-refractivity contribution < 1.29 is 9.14 Å². The minimum atomic E-state index is 0.548. The molecule has 0 spiro atoms. The fraction of sp³-hybridized carbons (Fsp3) is 0.529. The Morgan fingerprint density at radius 1 is 1.30 bits per heavy atom. The number of aromatic nitrogens is 2. The van der Waals surface area contributed by atoms with Crippen LogP contribution in [0.2, 0.25) is 0 Å². The summed E-state index contributed by atoms with van der Waals surface area (Å²) in [4.78, 5) is 0. The maximum Gasteiger partial charge on any atom is 0.249 e. The van der Waals surface area contributed by atoms with Gasteiger partial charge in [-0.1, -0.05) is 13.3 Å². The van der Waals surface area contributed by atoms with Gasteiger partial charge < -0.3 is 0 Å². The normalized spacial score (nSPS) is 20.2. The SMILES string of the molecule is CCCCC[n+]1cc2n(c1)C=CC1CC=C[N+](CC)=C21. The topological polar surface area (TPSA) is 11.8 Å². The van der Waals surface area contributed by atoms with Gasteiger partial charge in [0.1, 0.15) is 12.7 Å². The summed E-state index contributed by atoms with van der Waals surface area (Å²) in [5, 5.41) is 0. The average molecular weight is 271 g/mol. The van der Waals surface area contributed by atoms with E-state index in [1.165, 1.54) is 30.7 Å². The van der Waals surface area contributed by atoms with Gasteiger partial charge in [-0.3, -0.25) is 0 Å². The Hall–Kier alpha value is -1.64. The molecule has 3 rings (SSSR count). The fourth-order valence-corrected chi connectivity index (χ4v) is 3.18. The second-order valence-electron chi connectivity index (χ2n) is 5.72. The van der Waals surface area contributed by atoms with E-state index in [1.54, 1.807) is 0 Å². The summed E-state index contributed by atoms with van der Waals surface area (Å²) in [7, 11) is 0. The van der Waals surface area contributed by atoms with Gasteiger partial charge in [0.05, 0.1) is 18.7 Å². The summed E-state index contributed by atoms with van der Waals surface area (Å²) < 4.78 is 7.01. The van der Waals surface area contributed by atoms with Crippen LogP contribution in [0.4, 0.5) is 0 Å². The van der Waals surface area contributed by atoms with Crippen LogP contribution in [-0.4, -0.2) is 21.4 Å². The van der Waals surface area contributed by atoms with Crippen molar-refractivity contribution >= 4 is 11.9 Å². The molecule has 3 nitrogen and oxygen atoms in total. The molecule has 106 valence electrons. The number of nitrogens with zero attached hydrogens (tertiary/aromatic N) is 3. The lowest BCUT2D eigenvalue weighted by Crippen LogP contribution is -2.32. The quantitative estimate of drug-likeness (QED) is 0.576. The molecule has 3 heterocycles. The molecule has 0 aromatic carbocycles. The van der Waals surface area contributed by atoms with Gasteiger partial charge in [0.2, 0.25) is 17.7 Å². The van der Waals surface area contributed by atoms with Gasteiger partial charge in [-0.05, 0) is 38.3 Å². The summed E-state index contributed by atoms with van der Waals surface area (Å²) in [6.45, 7) is 6.64. The highest BCUT2D eigenvalue weighted by molar-refractivity contribution is 6.00. The van der Waals surface area contributed by atoms with Crippen LogP contribution < -0.4 is 4.57 Å². The van der Waals surface area contributed by atoms with Crippen molar-refractivity contribution in [2.24, 2.45) is 5.92 Å². The predicted molar refractivity (Wildman–Crippen MR) is 81.6 cm³/mol. The van der Waals surface area contributed by atoms with Crippen molar-refractivity contribution in [1.82, 2.24) is 4.57 Å².